The van der Waals surface area contributed by atoms with E-state index in [1.165, 1.54) is 6.08 Å². The average molecular weight is 470 g/mol. The van der Waals surface area contributed by atoms with Gasteiger partial charge in [-0.25, -0.2) is 4.79 Å². The topological polar surface area (TPSA) is 85.6 Å². The molecule has 0 aromatic heterocycles. The van der Waals surface area contributed by atoms with Gasteiger partial charge in [0.15, 0.2) is 0 Å². The van der Waals surface area contributed by atoms with Gasteiger partial charge >= 0.3 is 11.9 Å². The Balaban J connectivity index is 2.69. The highest BCUT2D eigenvalue weighted by atomic mass is 16.6. The first-order valence-electron chi connectivity index (χ1n) is 11.6. The molecule has 6 heteroatoms. The molecule has 0 aliphatic carbocycles. The first-order valence-corrected chi connectivity index (χ1v) is 11.6. The lowest BCUT2D eigenvalue weighted by Gasteiger charge is -2.45. The van der Waals surface area contributed by atoms with Crippen LogP contribution in [0.25, 0.3) is 6.08 Å². The maximum absolute atomic E-state index is 13.1. The Morgan fingerprint density at radius 3 is 2.09 bits per heavy atom. The van der Waals surface area contributed by atoms with Gasteiger partial charge in [0.1, 0.15) is 30.6 Å². The molecular formula is C28H39NO5. The fraction of sp³-hybridized carbons (Fsp3) is 0.536. The summed E-state index contributed by atoms with van der Waals surface area (Å²) in [4.78, 5) is 25.3. The number of hydrogen-bond donors (Lipinski definition) is 0. The first kappa shape index (κ1) is 29.0. The largest absolute Gasteiger partial charge is 0.497 e. The molecule has 34 heavy (non-hydrogen) atoms. The zero-order valence-corrected chi connectivity index (χ0v) is 21.9. The van der Waals surface area contributed by atoms with Crippen molar-refractivity contribution in [1.29, 1.82) is 5.26 Å². The fourth-order valence-corrected chi connectivity index (χ4v) is 3.67. The van der Waals surface area contributed by atoms with Crippen LogP contribution in [0.15, 0.2) is 42.0 Å². The van der Waals surface area contributed by atoms with Crippen LogP contribution in [0.3, 0.4) is 0 Å². The quantitative estimate of drug-likeness (QED) is 0.127. The van der Waals surface area contributed by atoms with Crippen LogP contribution in [0.5, 0.6) is 5.75 Å². The number of esters is 2. The van der Waals surface area contributed by atoms with Gasteiger partial charge in [0.05, 0.1) is 12.5 Å². The van der Waals surface area contributed by atoms with Crippen molar-refractivity contribution in [2.45, 2.75) is 61.3 Å². The monoisotopic (exact) mass is 469 g/mol. The highest BCUT2D eigenvalue weighted by Crippen LogP contribution is 2.49. The van der Waals surface area contributed by atoms with Crippen LogP contribution in [0.4, 0.5) is 0 Å². The summed E-state index contributed by atoms with van der Waals surface area (Å²) >= 11 is 0. The standard InChI is InChI=1S/C28H39NO5/c1-9-27(5,6)28(7,20-26(2,3)4)25(31)34-18-17-33-24(30)22(19-29)12-10-11-21-13-15-23(32-8)16-14-21/h10-16H,9,17-18,20H2,1-8H3. The minimum Gasteiger partial charge on any atom is -0.497 e. The molecule has 1 unspecified atom stereocenters. The van der Waals surface area contributed by atoms with Crippen molar-refractivity contribution in [3.63, 3.8) is 0 Å². The van der Waals surface area contributed by atoms with Gasteiger partial charge in [-0.3, -0.25) is 4.79 Å². The molecule has 0 aliphatic heterocycles. The molecule has 0 saturated heterocycles. The Hall–Kier alpha value is -3.07. The summed E-state index contributed by atoms with van der Waals surface area (Å²) in [5.74, 6) is -0.320. The first-order chi connectivity index (χ1) is 15.8. The zero-order chi connectivity index (χ0) is 26.0. The summed E-state index contributed by atoms with van der Waals surface area (Å²) < 4.78 is 15.8. The van der Waals surface area contributed by atoms with E-state index < -0.39 is 11.4 Å². The van der Waals surface area contributed by atoms with Gasteiger partial charge in [0.2, 0.25) is 0 Å². The molecule has 1 aromatic rings. The fourth-order valence-electron chi connectivity index (χ4n) is 3.67. The van der Waals surface area contributed by atoms with Gasteiger partial charge in [-0.15, -0.1) is 0 Å². The molecule has 0 radical (unpaired) electrons. The molecule has 0 N–H and O–H groups in total. The third-order valence-corrected chi connectivity index (χ3v) is 6.27. The van der Waals surface area contributed by atoms with E-state index in [0.29, 0.717) is 6.42 Å². The number of hydrogen-bond acceptors (Lipinski definition) is 6. The number of allylic oxidation sites excluding steroid dienone is 2. The van der Waals surface area contributed by atoms with Crippen molar-refractivity contribution >= 4 is 18.0 Å². The minimum absolute atomic E-state index is 0.0570. The molecule has 0 amide bonds. The highest BCUT2D eigenvalue weighted by molar-refractivity contribution is 5.93. The SMILES string of the molecule is CCC(C)(C)C(C)(CC(C)(C)C)C(=O)OCCOC(=O)C(C#N)=CC=Cc1ccc(OC)cc1. The van der Waals surface area contributed by atoms with Gasteiger partial charge in [-0.1, -0.05) is 65.8 Å². The maximum atomic E-state index is 13.1. The van der Waals surface area contributed by atoms with Gasteiger partial charge in [0.25, 0.3) is 0 Å². The van der Waals surface area contributed by atoms with Crippen molar-refractivity contribution in [3.8, 4) is 11.8 Å². The van der Waals surface area contributed by atoms with Crippen molar-refractivity contribution in [2.24, 2.45) is 16.2 Å². The maximum Gasteiger partial charge on any atom is 0.349 e. The Labute approximate surface area is 204 Å². The summed E-state index contributed by atoms with van der Waals surface area (Å²) in [6.45, 7) is 14.3. The van der Waals surface area contributed by atoms with Crippen LogP contribution in [0.2, 0.25) is 0 Å². The van der Waals surface area contributed by atoms with E-state index in [1.807, 2.05) is 37.3 Å². The number of carbonyl (C=O) groups is 2. The van der Waals surface area contributed by atoms with Crippen LogP contribution < -0.4 is 4.74 Å². The van der Waals surface area contributed by atoms with Crippen LogP contribution in [-0.4, -0.2) is 32.3 Å². The molecular weight excluding hydrogens is 430 g/mol. The molecule has 6 nitrogen and oxygen atoms in total. The molecule has 0 spiro atoms. The van der Waals surface area contributed by atoms with E-state index in [9.17, 15) is 14.9 Å². The number of rotatable bonds is 11. The molecule has 1 aromatic carbocycles. The summed E-state index contributed by atoms with van der Waals surface area (Å²) in [5, 5.41) is 9.28. The second-order valence-electron chi connectivity index (χ2n) is 10.4. The molecule has 0 aliphatic rings. The number of benzene rings is 1. The van der Waals surface area contributed by atoms with E-state index in [4.69, 9.17) is 14.2 Å². The number of methoxy groups -OCH3 is 1. The molecule has 186 valence electrons. The number of ether oxygens (including phenoxy) is 3. The lowest BCUT2D eigenvalue weighted by Crippen LogP contribution is -2.45. The van der Waals surface area contributed by atoms with Crippen LogP contribution >= 0.6 is 0 Å². The van der Waals surface area contributed by atoms with Crippen LogP contribution in [0.1, 0.15) is 66.9 Å². The van der Waals surface area contributed by atoms with Gasteiger partial charge in [-0.05, 0) is 54.4 Å². The smallest absolute Gasteiger partial charge is 0.349 e. The summed E-state index contributed by atoms with van der Waals surface area (Å²) in [5.41, 5.74) is -0.253. The Kier molecular flexibility index (Phi) is 10.6. The lowest BCUT2D eigenvalue weighted by molar-refractivity contribution is -0.168. The molecule has 0 saturated carbocycles. The predicted octanol–water partition coefficient (Wildman–Crippen LogP) is 6.12. The van der Waals surface area contributed by atoms with Crippen molar-refractivity contribution in [3.05, 3.63) is 47.6 Å². The highest BCUT2D eigenvalue weighted by Gasteiger charge is 2.49. The molecule has 1 rings (SSSR count). The summed E-state index contributed by atoms with van der Waals surface area (Å²) in [6, 6.07) is 9.19. The van der Waals surface area contributed by atoms with Crippen molar-refractivity contribution < 1.29 is 23.8 Å². The minimum atomic E-state index is -0.760. The van der Waals surface area contributed by atoms with E-state index in [1.54, 1.807) is 19.3 Å². The van der Waals surface area contributed by atoms with Crippen molar-refractivity contribution in [2.75, 3.05) is 20.3 Å². The number of nitriles is 1. The molecule has 0 fully saturated rings. The second kappa shape index (κ2) is 12.4. The third-order valence-electron chi connectivity index (χ3n) is 6.27. The van der Waals surface area contributed by atoms with Crippen molar-refractivity contribution in [1.82, 2.24) is 0 Å². The normalized spacial score (nSPS) is 14.3. The Bertz CT molecular complexity index is 929. The average Bonchev–Trinajstić information content (AvgIpc) is 2.78. The molecule has 0 heterocycles. The predicted molar refractivity (Wildman–Crippen MR) is 134 cm³/mol. The molecule has 1 atom stereocenters. The summed E-state index contributed by atoms with van der Waals surface area (Å²) in [6.07, 6.45) is 6.25. The molecule has 0 bridgehead atoms. The zero-order valence-electron chi connectivity index (χ0n) is 21.9. The van der Waals surface area contributed by atoms with E-state index >= 15 is 0 Å². The van der Waals surface area contributed by atoms with E-state index in [0.717, 1.165) is 17.7 Å². The third kappa shape index (κ3) is 8.37. The number of carbonyl (C=O) groups excluding carboxylic acids is 2. The van der Waals surface area contributed by atoms with Crippen LogP contribution in [0, 0.1) is 27.6 Å². The van der Waals surface area contributed by atoms with E-state index in [-0.39, 0.29) is 35.6 Å². The summed E-state index contributed by atoms with van der Waals surface area (Å²) in [7, 11) is 1.59. The Morgan fingerprint density at radius 2 is 1.59 bits per heavy atom. The van der Waals surface area contributed by atoms with Gasteiger partial charge in [-0.2, -0.15) is 5.26 Å². The Morgan fingerprint density at radius 1 is 1.00 bits per heavy atom. The lowest BCUT2D eigenvalue weighted by atomic mass is 9.59. The van der Waals surface area contributed by atoms with E-state index in [2.05, 4.69) is 41.5 Å². The van der Waals surface area contributed by atoms with Gasteiger partial charge in [0, 0.05) is 0 Å². The number of nitrogens with zero attached hydrogens (tertiary/aromatic N) is 1. The second-order valence-corrected chi connectivity index (χ2v) is 10.4. The van der Waals surface area contributed by atoms with Crippen LogP contribution in [-0.2, 0) is 19.1 Å². The van der Waals surface area contributed by atoms with Gasteiger partial charge < -0.3 is 14.2 Å².